The first-order valence-corrected chi connectivity index (χ1v) is 6.19. The summed E-state index contributed by atoms with van der Waals surface area (Å²) in [6.45, 7) is 0. The highest BCUT2D eigenvalue weighted by Crippen LogP contribution is 2.34. The first-order valence-electron chi connectivity index (χ1n) is 6.19. The highest BCUT2D eigenvalue weighted by Gasteiger charge is 2.36. The molecular weight excluding hydrogens is 254 g/mol. The minimum absolute atomic E-state index is 0.346. The molecule has 98 valence electrons. The second-order valence-corrected chi connectivity index (χ2v) is 4.58. The van der Waals surface area contributed by atoms with E-state index < -0.39 is 12.2 Å². The lowest BCUT2D eigenvalue weighted by molar-refractivity contribution is 0.0216. The van der Waals surface area contributed by atoms with Gasteiger partial charge in [-0.3, -0.25) is 4.79 Å². The fraction of sp³-hybridized carbons (Fsp3) is 0.125. The highest BCUT2D eigenvalue weighted by molar-refractivity contribution is 6.03. The zero-order chi connectivity index (χ0) is 14.1. The van der Waals surface area contributed by atoms with Gasteiger partial charge in [0.25, 0.3) is 0 Å². The topological polar surface area (TPSA) is 70.3 Å². The number of aliphatic hydroxyl groups is 1. The summed E-state index contributed by atoms with van der Waals surface area (Å²) < 4.78 is 5.72. The molecule has 0 saturated carbocycles. The van der Waals surface area contributed by atoms with E-state index in [1.807, 2.05) is 6.07 Å². The molecule has 1 aliphatic heterocycles. The third-order valence-electron chi connectivity index (χ3n) is 3.33. The Labute approximate surface area is 115 Å². The second kappa shape index (κ2) is 4.80. The van der Waals surface area contributed by atoms with Gasteiger partial charge in [0.05, 0.1) is 17.2 Å². The summed E-state index contributed by atoms with van der Waals surface area (Å²) in [5, 5.41) is 18.9. The zero-order valence-electron chi connectivity index (χ0n) is 10.5. The fourth-order valence-corrected chi connectivity index (χ4v) is 2.27. The fourth-order valence-electron chi connectivity index (χ4n) is 2.27. The maximum absolute atomic E-state index is 12.1. The first kappa shape index (κ1) is 12.4. The van der Waals surface area contributed by atoms with E-state index in [-0.39, 0.29) is 5.78 Å². The number of rotatable bonds is 1. The van der Waals surface area contributed by atoms with Gasteiger partial charge >= 0.3 is 0 Å². The van der Waals surface area contributed by atoms with Gasteiger partial charge < -0.3 is 9.84 Å². The van der Waals surface area contributed by atoms with Crippen molar-refractivity contribution in [3.63, 3.8) is 0 Å². The number of nitrogens with zero attached hydrogens (tertiary/aromatic N) is 1. The van der Waals surface area contributed by atoms with Crippen LogP contribution >= 0.6 is 0 Å². The maximum atomic E-state index is 12.1. The Morgan fingerprint density at radius 1 is 1.10 bits per heavy atom. The van der Waals surface area contributed by atoms with E-state index >= 15 is 0 Å². The number of carbonyl (C=O) groups excluding carboxylic acids is 1. The molecule has 2 aromatic carbocycles. The number of hydrogen-bond donors (Lipinski definition) is 1. The van der Waals surface area contributed by atoms with Crippen molar-refractivity contribution in [1.29, 1.82) is 5.26 Å². The smallest absolute Gasteiger partial charge is 0.199 e. The Hall–Kier alpha value is -2.64. The molecule has 0 radical (unpaired) electrons. The van der Waals surface area contributed by atoms with Crippen LogP contribution in [0.25, 0.3) is 0 Å². The normalized spacial score (nSPS) is 20.7. The lowest BCUT2D eigenvalue weighted by Gasteiger charge is -2.29. The molecule has 2 aromatic rings. The number of carbonyl (C=O) groups is 1. The standard InChI is InChI=1S/C16H11NO3/c17-9-10-5-7-11(8-6-10)16-15(19)14(18)12-3-1-2-4-13(12)20-16/h1-8,15-16,19H/t15-,16+/m1/s1. The number of aliphatic hydroxyl groups excluding tert-OH is 1. The maximum Gasteiger partial charge on any atom is 0.199 e. The molecule has 0 unspecified atom stereocenters. The van der Waals surface area contributed by atoms with E-state index in [9.17, 15) is 9.90 Å². The van der Waals surface area contributed by atoms with Crippen LogP contribution in [0, 0.1) is 11.3 Å². The van der Waals surface area contributed by atoms with Gasteiger partial charge in [-0.2, -0.15) is 5.26 Å². The Bertz CT molecular complexity index is 700. The molecule has 2 atom stereocenters. The molecule has 1 heterocycles. The van der Waals surface area contributed by atoms with Gasteiger partial charge in [0.1, 0.15) is 5.75 Å². The van der Waals surface area contributed by atoms with Crippen molar-refractivity contribution in [1.82, 2.24) is 0 Å². The summed E-state index contributed by atoms with van der Waals surface area (Å²) in [7, 11) is 0. The molecule has 1 aliphatic rings. The molecule has 0 saturated heterocycles. The van der Waals surface area contributed by atoms with E-state index in [0.29, 0.717) is 22.4 Å². The summed E-state index contributed by atoms with van der Waals surface area (Å²) in [5.74, 6) is 0.123. The number of ether oxygens (including phenoxy) is 1. The number of para-hydroxylation sites is 1. The summed E-state index contributed by atoms with van der Waals surface area (Å²) in [5.41, 5.74) is 1.58. The number of ketones is 1. The SMILES string of the molecule is N#Cc1ccc([C@@H]2Oc3ccccc3C(=O)[C@H]2O)cc1. The lowest BCUT2D eigenvalue weighted by Crippen LogP contribution is -2.36. The van der Waals surface area contributed by atoms with Crippen molar-refractivity contribution in [2.45, 2.75) is 12.2 Å². The Balaban J connectivity index is 1.99. The number of nitriles is 1. The molecule has 0 amide bonds. The molecule has 4 heteroatoms. The summed E-state index contributed by atoms with van der Waals surface area (Å²) in [4.78, 5) is 12.1. The van der Waals surface area contributed by atoms with Crippen LogP contribution in [0.2, 0.25) is 0 Å². The molecule has 1 N–H and O–H groups in total. The van der Waals surface area contributed by atoms with Crippen molar-refractivity contribution in [2.75, 3.05) is 0 Å². The van der Waals surface area contributed by atoms with Crippen molar-refractivity contribution in [3.05, 3.63) is 65.2 Å². The van der Waals surface area contributed by atoms with E-state index in [0.717, 1.165) is 0 Å². The van der Waals surface area contributed by atoms with Gasteiger partial charge in [-0.05, 0) is 29.8 Å². The number of fused-ring (bicyclic) bond motifs is 1. The first-order chi connectivity index (χ1) is 9.70. The zero-order valence-corrected chi connectivity index (χ0v) is 10.5. The van der Waals surface area contributed by atoms with Crippen LogP contribution in [-0.2, 0) is 0 Å². The lowest BCUT2D eigenvalue weighted by atomic mass is 9.93. The molecule has 0 aliphatic carbocycles. The largest absolute Gasteiger partial charge is 0.482 e. The molecular formula is C16H11NO3. The van der Waals surface area contributed by atoms with E-state index in [1.54, 1.807) is 48.5 Å². The number of Topliss-reactive ketones (excluding diaryl/α,β-unsaturated/α-hetero) is 1. The third-order valence-corrected chi connectivity index (χ3v) is 3.33. The Morgan fingerprint density at radius 3 is 2.50 bits per heavy atom. The summed E-state index contributed by atoms with van der Waals surface area (Å²) >= 11 is 0. The van der Waals surface area contributed by atoms with Crippen LogP contribution in [0.3, 0.4) is 0 Å². The van der Waals surface area contributed by atoms with Crippen LogP contribution in [0.4, 0.5) is 0 Å². The van der Waals surface area contributed by atoms with E-state index in [2.05, 4.69) is 0 Å². The van der Waals surface area contributed by atoms with Crippen LogP contribution in [-0.4, -0.2) is 17.0 Å². The quantitative estimate of drug-likeness (QED) is 0.858. The van der Waals surface area contributed by atoms with Gasteiger partial charge in [-0.25, -0.2) is 0 Å². The molecule has 4 nitrogen and oxygen atoms in total. The Kier molecular flexibility index (Phi) is 2.97. The molecule has 3 rings (SSSR count). The Morgan fingerprint density at radius 2 is 1.80 bits per heavy atom. The van der Waals surface area contributed by atoms with E-state index in [4.69, 9.17) is 10.00 Å². The van der Waals surface area contributed by atoms with Gasteiger partial charge in [-0.1, -0.05) is 24.3 Å². The average molecular weight is 265 g/mol. The van der Waals surface area contributed by atoms with Crippen LogP contribution in [0.15, 0.2) is 48.5 Å². The molecule has 0 bridgehead atoms. The highest BCUT2D eigenvalue weighted by atomic mass is 16.5. The number of benzene rings is 2. The van der Waals surface area contributed by atoms with Crippen LogP contribution < -0.4 is 4.74 Å². The van der Waals surface area contributed by atoms with Crippen molar-refractivity contribution >= 4 is 5.78 Å². The second-order valence-electron chi connectivity index (χ2n) is 4.58. The van der Waals surface area contributed by atoms with E-state index in [1.165, 1.54) is 0 Å². The molecule has 0 aromatic heterocycles. The summed E-state index contributed by atoms with van der Waals surface area (Å²) in [6, 6.07) is 15.5. The van der Waals surface area contributed by atoms with Crippen LogP contribution in [0.1, 0.15) is 27.6 Å². The van der Waals surface area contributed by atoms with Crippen molar-refractivity contribution < 1.29 is 14.6 Å². The molecule has 20 heavy (non-hydrogen) atoms. The monoisotopic (exact) mass is 265 g/mol. The molecule has 0 spiro atoms. The summed E-state index contributed by atoms with van der Waals surface area (Å²) in [6.07, 6.45) is -1.98. The van der Waals surface area contributed by atoms with Crippen LogP contribution in [0.5, 0.6) is 5.75 Å². The van der Waals surface area contributed by atoms with Gasteiger partial charge in [-0.15, -0.1) is 0 Å². The average Bonchev–Trinajstić information content (AvgIpc) is 2.51. The predicted molar refractivity (Wildman–Crippen MR) is 71.3 cm³/mol. The van der Waals surface area contributed by atoms with Gasteiger partial charge in [0, 0.05) is 0 Å². The number of hydrogen-bond acceptors (Lipinski definition) is 4. The third kappa shape index (κ3) is 1.94. The van der Waals surface area contributed by atoms with Crippen molar-refractivity contribution in [2.24, 2.45) is 0 Å². The minimum Gasteiger partial charge on any atom is -0.482 e. The molecule has 0 fully saturated rings. The minimum atomic E-state index is -1.24. The van der Waals surface area contributed by atoms with Gasteiger partial charge in [0.2, 0.25) is 0 Å². The van der Waals surface area contributed by atoms with Crippen molar-refractivity contribution in [3.8, 4) is 11.8 Å². The van der Waals surface area contributed by atoms with Gasteiger partial charge in [0.15, 0.2) is 18.0 Å². The predicted octanol–water partition coefficient (Wildman–Crippen LogP) is 2.24.